The standard InChI is InChI=1S/C12H10N2O/c1-5-13-6-2-9(1)11-12(15-11)10-3-7-14-8-4-10/h1-8,11-12H/t11-,12-/m0/s1. The molecule has 1 saturated heterocycles. The number of epoxide rings is 1. The minimum atomic E-state index is 0.190. The second kappa shape index (κ2) is 3.44. The summed E-state index contributed by atoms with van der Waals surface area (Å²) in [6.07, 6.45) is 7.55. The van der Waals surface area contributed by atoms with Crippen LogP contribution in [0.25, 0.3) is 0 Å². The van der Waals surface area contributed by atoms with E-state index >= 15 is 0 Å². The van der Waals surface area contributed by atoms with E-state index in [4.69, 9.17) is 4.74 Å². The highest BCUT2D eigenvalue weighted by Crippen LogP contribution is 2.50. The largest absolute Gasteiger partial charge is 0.359 e. The van der Waals surface area contributed by atoms with E-state index in [0.717, 1.165) is 0 Å². The molecular weight excluding hydrogens is 188 g/mol. The molecule has 74 valence electrons. The Kier molecular flexibility index (Phi) is 1.96. The van der Waals surface area contributed by atoms with Crippen molar-refractivity contribution in [3.63, 3.8) is 0 Å². The smallest absolute Gasteiger partial charge is 0.114 e. The summed E-state index contributed by atoms with van der Waals surface area (Å²) in [6.45, 7) is 0. The normalized spacial score (nSPS) is 23.7. The second-order valence-electron chi connectivity index (χ2n) is 3.54. The van der Waals surface area contributed by atoms with Gasteiger partial charge in [-0.2, -0.15) is 0 Å². The molecule has 15 heavy (non-hydrogen) atoms. The van der Waals surface area contributed by atoms with Crippen LogP contribution in [0.15, 0.2) is 49.1 Å². The van der Waals surface area contributed by atoms with Gasteiger partial charge in [-0.25, -0.2) is 0 Å². The van der Waals surface area contributed by atoms with Crippen molar-refractivity contribution in [1.82, 2.24) is 9.97 Å². The Bertz CT molecular complexity index is 400. The third-order valence-electron chi connectivity index (χ3n) is 2.56. The van der Waals surface area contributed by atoms with E-state index in [0.29, 0.717) is 0 Å². The monoisotopic (exact) mass is 198 g/mol. The molecule has 3 rings (SSSR count). The molecule has 1 fully saturated rings. The lowest BCUT2D eigenvalue weighted by Gasteiger charge is -1.95. The minimum absolute atomic E-state index is 0.190. The van der Waals surface area contributed by atoms with Crippen LogP contribution in [0.1, 0.15) is 23.3 Å². The summed E-state index contributed by atoms with van der Waals surface area (Å²) in [6, 6.07) is 7.97. The Morgan fingerprint density at radius 1 is 0.733 bits per heavy atom. The molecule has 1 aliphatic heterocycles. The summed E-state index contributed by atoms with van der Waals surface area (Å²) in [4.78, 5) is 7.98. The third-order valence-corrected chi connectivity index (χ3v) is 2.56. The maximum absolute atomic E-state index is 5.63. The lowest BCUT2D eigenvalue weighted by molar-refractivity contribution is 0.377. The molecule has 1 aliphatic rings. The van der Waals surface area contributed by atoms with Gasteiger partial charge in [-0.1, -0.05) is 0 Å². The first-order valence-corrected chi connectivity index (χ1v) is 4.90. The highest BCUT2D eigenvalue weighted by molar-refractivity contribution is 5.27. The maximum Gasteiger partial charge on any atom is 0.114 e. The summed E-state index contributed by atoms with van der Waals surface area (Å²) < 4.78 is 5.63. The van der Waals surface area contributed by atoms with Crippen molar-refractivity contribution < 1.29 is 4.74 Å². The number of hydrogen-bond acceptors (Lipinski definition) is 3. The van der Waals surface area contributed by atoms with Gasteiger partial charge in [0.05, 0.1) is 0 Å². The van der Waals surface area contributed by atoms with Gasteiger partial charge in [0.2, 0.25) is 0 Å². The van der Waals surface area contributed by atoms with Crippen LogP contribution in [-0.4, -0.2) is 9.97 Å². The molecule has 2 aromatic rings. The molecule has 0 aromatic carbocycles. The van der Waals surface area contributed by atoms with Crippen LogP contribution in [0.3, 0.4) is 0 Å². The van der Waals surface area contributed by atoms with Crippen molar-refractivity contribution >= 4 is 0 Å². The van der Waals surface area contributed by atoms with Crippen LogP contribution in [0.2, 0.25) is 0 Å². The number of pyridine rings is 2. The molecule has 0 amide bonds. The molecule has 0 aliphatic carbocycles. The third kappa shape index (κ3) is 1.62. The lowest BCUT2D eigenvalue weighted by atomic mass is 10.1. The molecule has 2 atom stereocenters. The number of rotatable bonds is 2. The summed E-state index contributed by atoms with van der Waals surface area (Å²) in [5.74, 6) is 0. The zero-order chi connectivity index (χ0) is 10.1. The van der Waals surface area contributed by atoms with Gasteiger partial charge in [-0.05, 0) is 35.4 Å². The number of ether oxygens (including phenoxy) is 1. The zero-order valence-electron chi connectivity index (χ0n) is 8.08. The molecule has 0 saturated carbocycles. The Hall–Kier alpha value is -1.74. The van der Waals surface area contributed by atoms with Gasteiger partial charge in [0, 0.05) is 24.8 Å². The molecule has 2 aromatic heterocycles. The van der Waals surface area contributed by atoms with Crippen molar-refractivity contribution in [3.8, 4) is 0 Å². The molecule has 0 spiro atoms. The molecule has 0 unspecified atom stereocenters. The van der Waals surface area contributed by atoms with E-state index in [-0.39, 0.29) is 12.2 Å². The number of hydrogen-bond donors (Lipinski definition) is 0. The first-order chi connectivity index (χ1) is 7.45. The van der Waals surface area contributed by atoms with Crippen LogP contribution >= 0.6 is 0 Å². The lowest BCUT2D eigenvalue weighted by Crippen LogP contribution is -1.84. The Balaban J connectivity index is 1.81. The van der Waals surface area contributed by atoms with Crippen molar-refractivity contribution in [2.24, 2.45) is 0 Å². The topological polar surface area (TPSA) is 38.3 Å². The molecule has 3 heterocycles. The molecule has 3 nitrogen and oxygen atoms in total. The van der Waals surface area contributed by atoms with Gasteiger partial charge in [0.25, 0.3) is 0 Å². The van der Waals surface area contributed by atoms with Crippen molar-refractivity contribution in [3.05, 3.63) is 60.2 Å². The van der Waals surface area contributed by atoms with E-state index < -0.39 is 0 Å². The van der Waals surface area contributed by atoms with Gasteiger partial charge < -0.3 is 4.74 Å². The maximum atomic E-state index is 5.63. The van der Waals surface area contributed by atoms with Gasteiger partial charge in [-0.15, -0.1) is 0 Å². The fraction of sp³-hybridized carbons (Fsp3) is 0.167. The predicted molar refractivity (Wildman–Crippen MR) is 55.0 cm³/mol. The SMILES string of the molecule is c1cc([C@@H]2O[C@H]2c2ccncc2)ccn1. The Labute approximate surface area is 87.8 Å². The fourth-order valence-electron chi connectivity index (χ4n) is 1.73. The Morgan fingerprint density at radius 3 is 1.53 bits per heavy atom. The summed E-state index contributed by atoms with van der Waals surface area (Å²) in [5.41, 5.74) is 2.37. The van der Waals surface area contributed by atoms with E-state index in [1.54, 1.807) is 24.8 Å². The molecular formula is C12H10N2O. The van der Waals surface area contributed by atoms with Crippen molar-refractivity contribution in [1.29, 1.82) is 0 Å². The van der Waals surface area contributed by atoms with Gasteiger partial charge in [0.1, 0.15) is 12.2 Å². The average Bonchev–Trinajstić information content (AvgIpc) is 3.11. The minimum Gasteiger partial charge on any atom is -0.359 e. The van der Waals surface area contributed by atoms with Crippen LogP contribution in [0, 0.1) is 0 Å². The van der Waals surface area contributed by atoms with E-state index in [9.17, 15) is 0 Å². The van der Waals surface area contributed by atoms with Gasteiger partial charge >= 0.3 is 0 Å². The predicted octanol–water partition coefficient (Wildman–Crippen LogP) is 2.29. The van der Waals surface area contributed by atoms with Gasteiger partial charge in [-0.3, -0.25) is 9.97 Å². The molecule has 0 N–H and O–H groups in total. The number of nitrogens with zero attached hydrogens (tertiary/aromatic N) is 2. The first-order valence-electron chi connectivity index (χ1n) is 4.90. The molecule has 0 radical (unpaired) electrons. The number of aromatic nitrogens is 2. The van der Waals surface area contributed by atoms with Crippen LogP contribution in [0.5, 0.6) is 0 Å². The van der Waals surface area contributed by atoms with Crippen LogP contribution < -0.4 is 0 Å². The summed E-state index contributed by atoms with van der Waals surface area (Å²) in [5, 5.41) is 0. The quantitative estimate of drug-likeness (QED) is 0.695. The van der Waals surface area contributed by atoms with Crippen molar-refractivity contribution in [2.45, 2.75) is 12.2 Å². The van der Waals surface area contributed by atoms with Crippen molar-refractivity contribution in [2.75, 3.05) is 0 Å². The second-order valence-corrected chi connectivity index (χ2v) is 3.54. The van der Waals surface area contributed by atoms with Crippen LogP contribution in [-0.2, 0) is 4.74 Å². The Morgan fingerprint density at radius 2 is 1.13 bits per heavy atom. The first kappa shape index (κ1) is 8.56. The van der Waals surface area contributed by atoms with E-state index in [2.05, 4.69) is 9.97 Å². The van der Waals surface area contributed by atoms with Gasteiger partial charge in [0.15, 0.2) is 0 Å². The summed E-state index contributed by atoms with van der Waals surface area (Å²) >= 11 is 0. The summed E-state index contributed by atoms with van der Waals surface area (Å²) in [7, 11) is 0. The average molecular weight is 198 g/mol. The fourth-order valence-corrected chi connectivity index (χ4v) is 1.73. The van der Waals surface area contributed by atoms with E-state index in [1.807, 2.05) is 24.3 Å². The highest BCUT2D eigenvalue weighted by atomic mass is 16.6. The van der Waals surface area contributed by atoms with Crippen LogP contribution in [0.4, 0.5) is 0 Å². The molecule has 3 heteroatoms. The highest BCUT2D eigenvalue weighted by Gasteiger charge is 2.41. The van der Waals surface area contributed by atoms with E-state index in [1.165, 1.54) is 11.1 Å². The molecule has 0 bridgehead atoms. The zero-order valence-corrected chi connectivity index (χ0v) is 8.08.